The first-order valence-electron chi connectivity index (χ1n) is 13.2. The molecule has 2 saturated heterocycles. The SMILES string of the molecule is CN(C)CCCC[C@H](NC(=O)C(F)(F)F)C(=O)N1CC2C(C)(C)C2([C@H](C[C@H]2CCNC2=O)C(N)=O)C1C(N)=O. The highest BCUT2D eigenvalue weighted by Gasteiger charge is 2.83. The maximum absolute atomic E-state index is 13.7. The van der Waals surface area contributed by atoms with Crippen LogP contribution in [0.4, 0.5) is 13.2 Å². The van der Waals surface area contributed by atoms with Gasteiger partial charge in [-0.1, -0.05) is 13.8 Å². The number of unbranched alkanes of at least 4 members (excludes halogenated alkanes) is 1. The Bertz CT molecular complexity index is 1020. The number of primary amides is 2. The van der Waals surface area contributed by atoms with E-state index in [1.54, 1.807) is 5.32 Å². The van der Waals surface area contributed by atoms with Crippen LogP contribution in [-0.2, 0) is 24.0 Å². The summed E-state index contributed by atoms with van der Waals surface area (Å²) in [6.45, 7) is 4.66. The number of hydrogen-bond donors (Lipinski definition) is 4. The van der Waals surface area contributed by atoms with Crippen LogP contribution in [0.5, 0.6) is 0 Å². The van der Waals surface area contributed by atoms with Crippen LogP contribution in [-0.4, -0.2) is 91.3 Å². The first kappa shape index (κ1) is 30.6. The van der Waals surface area contributed by atoms with Gasteiger partial charge in [0.2, 0.25) is 23.6 Å². The van der Waals surface area contributed by atoms with Crippen LogP contribution >= 0.6 is 0 Å². The van der Waals surface area contributed by atoms with E-state index in [1.165, 1.54) is 0 Å². The van der Waals surface area contributed by atoms with Gasteiger partial charge in [-0.05, 0) is 64.1 Å². The quantitative estimate of drug-likeness (QED) is 0.240. The molecule has 2 aliphatic heterocycles. The van der Waals surface area contributed by atoms with Gasteiger partial charge in [0.05, 0.1) is 0 Å². The Kier molecular flexibility index (Phi) is 8.59. The highest BCUT2D eigenvalue weighted by atomic mass is 19.4. The van der Waals surface area contributed by atoms with Gasteiger partial charge in [-0.3, -0.25) is 24.0 Å². The number of likely N-dealkylation sites (tertiary alicyclic amines) is 1. The molecule has 11 nitrogen and oxygen atoms in total. The average Bonchev–Trinajstić information content (AvgIpc) is 3.17. The molecule has 5 amide bonds. The summed E-state index contributed by atoms with van der Waals surface area (Å²) in [7, 11) is 3.65. The Hall–Kier alpha value is -2.90. The highest BCUT2D eigenvalue weighted by molar-refractivity contribution is 5.95. The molecule has 3 aliphatic rings. The van der Waals surface area contributed by atoms with Crippen LogP contribution in [0, 0.1) is 28.6 Å². The number of halogens is 3. The summed E-state index contributed by atoms with van der Waals surface area (Å²) in [6, 6.07) is -2.90. The molecule has 39 heavy (non-hydrogen) atoms. The fourth-order valence-electron chi connectivity index (χ4n) is 7.09. The number of nitrogens with one attached hydrogen (secondary N) is 2. The third kappa shape index (κ3) is 5.57. The molecule has 3 rings (SSSR count). The molecule has 3 unspecified atom stereocenters. The van der Waals surface area contributed by atoms with Crippen LogP contribution in [0.3, 0.4) is 0 Å². The first-order chi connectivity index (χ1) is 18.0. The molecule has 0 bridgehead atoms. The Labute approximate surface area is 225 Å². The molecule has 0 aromatic carbocycles. The van der Waals surface area contributed by atoms with Crippen LogP contribution in [0.2, 0.25) is 0 Å². The molecule has 0 aromatic heterocycles. The van der Waals surface area contributed by atoms with Crippen molar-refractivity contribution in [3.8, 4) is 0 Å². The van der Waals surface area contributed by atoms with Gasteiger partial charge in [-0.25, -0.2) is 0 Å². The van der Waals surface area contributed by atoms with Gasteiger partial charge in [0.1, 0.15) is 12.1 Å². The van der Waals surface area contributed by atoms with Crippen molar-refractivity contribution in [3.05, 3.63) is 0 Å². The zero-order valence-electron chi connectivity index (χ0n) is 22.8. The lowest BCUT2D eigenvalue weighted by Gasteiger charge is -2.39. The third-order valence-electron chi connectivity index (χ3n) is 8.99. The van der Waals surface area contributed by atoms with E-state index < -0.39 is 70.5 Å². The molecule has 2 heterocycles. The van der Waals surface area contributed by atoms with Gasteiger partial charge in [-0.2, -0.15) is 13.2 Å². The third-order valence-corrected chi connectivity index (χ3v) is 8.99. The van der Waals surface area contributed by atoms with E-state index in [1.807, 2.05) is 32.8 Å². The molecule has 6 atom stereocenters. The number of nitrogens with zero attached hydrogens (tertiary/aromatic N) is 2. The second-order valence-electron chi connectivity index (χ2n) is 11.8. The molecule has 0 aromatic rings. The number of hydrogen-bond acceptors (Lipinski definition) is 6. The number of rotatable bonds is 12. The molecule has 14 heteroatoms. The lowest BCUT2D eigenvalue weighted by atomic mass is 9.72. The van der Waals surface area contributed by atoms with E-state index in [9.17, 15) is 37.1 Å². The van der Waals surface area contributed by atoms with E-state index in [2.05, 4.69) is 5.32 Å². The van der Waals surface area contributed by atoms with E-state index >= 15 is 0 Å². The van der Waals surface area contributed by atoms with Crippen LogP contribution < -0.4 is 22.1 Å². The topological polar surface area (TPSA) is 168 Å². The number of fused-ring (bicyclic) bond motifs is 1. The molecule has 1 saturated carbocycles. The van der Waals surface area contributed by atoms with Crippen molar-refractivity contribution >= 4 is 29.5 Å². The maximum atomic E-state index is 13.7. The minimum Gasteiger partial charge on any atom is -0.369 e. The molecule has 6 N–H and O–H groups in total. The standard InChI is InChI=1S/C25H39F3N6O5/c1-23(2)16-12-34(21(38)15(7-5-6-10-33(3)4)32-22(39)25(26,27)28)17(19(30)36)24(16,23)14(18(29)35)11-13-8-9-31-20(13)37/h13-17H,5-12H2,1-4H3,(H2,29,35)(H2,30,36)(H,31,37)(H,32,39)/t13-,14-,15+,16?,17?,24?/m1/s1. The maximum Gasteiger partial charge on any atom is 0.471 e. The predicted molar refractivity (Wildman–Crippen MR) is 133 cm³/mol. The number of amides is 5. The molecule has 220 valence electrons. The normalized spacial score (nSPS) is 29.0. The number of carbonyl (C=O) groups excluding carboxylic acids is 5. The molecule has 3 fully saturated rings. The Morgan fingerprint density at radius 3 is 2.31 bits per heavy atom. The van der Waals surface area contributed by atoms with Crippen molar-refractivity contribution in [2.45, 2.75) is 64.2 Å². The second kappa shape index (κ2) is 10.9. The van der Waals surface area contributed by atoms with Crippen LogP contribution in [0.25, 0.3) is 0 Å². The summed E-state index contributed by atoms with van der Waals surface area (Å²) in [6.07, 6.45) is -3.86. The summed E-state index contributed by atoms with van der Waals surface area (Å²) < 4.78 is 39.3. The van der Waals surface area contributed by atoms with Crippen molar-refractivity contribution in [1.29, 1.82) is 0 Å². The van der Waals surface area contributed by atoms with Crippen molar-refractivity contribution in [2.24, 2.45) is 40.1 Å². The number of carbonyl (C=O) groups is 5. The van der Waals surface area contributed by atoms with Crippen molar-refractivity contribution in [1.82, 2.24) is 20.4 Å². The number of alkyl halides is 3. The van der Waals surface area contributed by atoms with E-state index in [0.717, 1.165) is 4.90 Å². The van der Waals surface area contributed by atoms with Gasteiger partial charge >= 0.3 is 12.1 Å². The Morgan fingerprint density at radius 2 is 1.82 bits per heavy atom. The highest BCUT2D eigenvalue weighted by Crippen LogP contribution is 2.78. The molecular weight excluding hydrogens is 521 g/mol. The lowest BCUT2D eigenvalue weighted by Crippen LogP contribution is -2.59. The summed E-state index contributed by atoms with van der Waals surface area (Å²) in [5, 5.41) is 4.50. The Morgan fingerprint density at radius 1 is 1.18 bits per heavy atom. The fraction of sp³-hybridized carbons (Fsp3) is 0.800. The van der Waals surface area contributed by atoms with Crippen molar-refractivity contribution < 1.29 is 37.1 Å². The predicted octanol–water partition coefficient (Wildman–Crippen LogP) is -0.268. The zero-order valence-corrected chi connectivity index (χ0v) is 22.8. The second-order valence-corrected chi connectivity index (χ2v) is 11.8. The minimum absolute atomic E-state index is 0.0455. The van der Waals surface area contributed by atoms with Crippen LogP contribution in [0.1, 0.15) is 46.0 Å². The summed E-state index contributed by atoms with van der Waals surface area (Å²) in [4.78, 5) is 66.5. The summed E-state index contributed by atoms with van der Waals surface area (Å²) >= 11 is 0. The minimum atomic E-state index is -5.21. The van der Waals surface area contributed by atoms with Gasteiger partial charge in [-0.15, -0.1) is 0 Å². The molecular formula is C25H39F3N6O5. The van der Waals surface area contributed by atoms with Crippen LogP contribution in [0.15, 0.2) is 0 Å². The lowest BCUT2D eigenvalue weighted by molar-refractivity contribution is -0.175. The summed E-state index contributed by atoms with van der Waals surface area (Å²) in [5.41, 5.74) is 9.78. The Balaban J connectivity index is 1.93. The van der Waals surface area contributed by atoms with E-state index in [-0.39, 0.29) is 25.3 Å². The van der Waals surface area contributed by atoms with Crippen molar-refractivity contribution in [2.75, 3.05) is 33.7 Å². The van der Waals surface area contributed by atoms with Gasteiger partial charge in [0, 0.05) is 30.3 Å². The van der Waals surface area contributed by atoms with Gasteiger partial charge in [0.15, 0.2) is 0 Å². The van der Waals surface area contributed by atoms with Gasteiger partial charge in [0.25, 0.3) is 0 Å². The van der Waals surface area contributed by atoms with E-state index in [0.29, 0.717) is 32.4 Å². The van der Waals surface area contributed by atoms with Gasteiger partial charge < -0.3 is 31.9 Å². The molecule has 0 radical (unpaired) electrons. The van der Waals surface area contributed by atoms with Crippen molar-refractivity contribution in [3.63, 3.8) is 0 Å². The molecule has 0 spiro atoms. The first-order valence-corrected chi connectivity index (χ1v) is 13.2. The fourth-order valence-corrected chi connectivity index (χ4v) is 7.09. The number of nitrogens with two attached hydrogens (primary N) is 2. The zero-order chi connectivity index (χ0) is 29.5. The largest absolute Gasteiger partial charge is 0.471 e. The summed E-state index contributed by atoms with van der Waals surface area (Å²) in [5.74, 6) is -6.93. The average molecular weight is 561 g/mol. The monoisotopic (exact) mass is 560 g/mol. The van der Waals surface area contributed by atoms with E-state index in [4.69, 9.17) is 11.5 Å². The number of piperidine rings is 1. The molecule has 1 aliphatic carbocycles. The smallest absolute Gasteiger partial charge is 0.369 e.